The van der Waals surface area contributed by atoms with Gasteiger partial charge in [0, 0.05) is 17.4 Å². The number of nitrogens with zero attached hydrogens (tertiary/aromatic N) is 2. The van der Waals surface area contributed by atoms with Gasteiger partial charge in [-0.05, 0) is 62.4 Å². The predicted molar refractivity (Wildman–Crippen MR) is 124 cm³/mol. The molecule has 0 aliphatic carbocycles. The first kappa shape index (κ1) is 24.8. The van der Waals surface area contributed by atoms with Crippen LogP contribution in [0.2, 0.25) is 0 Å². The van der Waals surface area contributed by atoms with Crippen molar-refractivity contribution < 1.29 is 37.3 Å². The van der Waals surface area contributed by atoms with Gasteiger partial charge < -0.3 is 14.6 Å². The maximum atomic E-state index is 13.2. The lowest BCUT2D eigenvalue weighted by atomic mass is 9.98. The zero-order valence-electron chi connectivity index (χ0n) is 19.2. The van der Waals surface area contributed by atoms with Crippen molar-refractivity contribution in [1.82, 2.24) is 4.98 Å². The fraction of sp³-hybridized carbons (Fsp3) is 0.192. The van der Waals surface area contributed by atoms with E-state index in [-0.39, 0.29) is 28.6 Å². The summed E-state index contributed by atoms with van der Waals surface area (Å²) in [6, 6.07) is 14.7. The molecule has 0 spiro atoms. The van der Waals surface area contributed by atoms with Crippen LogP contribution in [0.25, 0.3) is 5.76 Å². The lowest BCUT2D eigenvalue weighted by Gasteiger charge is -2.24. The Hall–Kier alpha value is -4.34. The van der Waals surface area contributed by atoms with Crippen LogP contribution in [0.3, 0.4) is 0 Å². The first-order chi connectivity index (χ1) is 17.0. The van der Waals surface area contributed by atoms with Crippen LogP contribution in [0.4, 0.5) is 18.9 Å². The third-order valence-corrected chi connectivity index (χ3v) is 5.24. The van der Waals surface area contributed by atoms with E-state index in [9.17, 15) is 27.9 Å². The van der Waals surface area contributed by atoms with Gasteiger partial charge in [-0.25, -0.2) is 0 Å². The minimum Gasteiger partial charge on any atom is -0.507 e. The number of anilines is 1. The molecule has 1 saturated heterocycles. The van der Waals surface area contributed by atoms with Gasteiger partial charge in [-0.3, -0.25) is 19.5 Å². The van der Waals surface area contributed by atoms with Gasteiger partial charge in [-0.1, -0.05) is 18.2 Å². The Labute approximate surface area is 204 Å². The van der Waals surface area contributed by atoms with Crippen molar-refractivity contribution in [2.45, 2.75) is 32.4 Å². The summed E-state index contributed by atoms with van der Waals surface area (Å²) in [5.41, 5.74) is 0.443. The fourth-order valence-corrected chi connectivity index (χ4v) is 3.87. The molecule has 1 fully saturated rings. The number of carbonyl (C=O) groups is 2. The van der Waals surface area contributed by atoms with Crippen molar-refractivity contribution in [1.29, 1.82) is 0 Å². The summed E-state index contributed by atoms with van der Waals surface area (Å²) in [4.78, 5) is 31.6. The highest BCUT2D eigenvalue weighted by atomic mass is 19.4. The van der Waals surface area contributed by atoms with E-state index >= 15 is 0 Å². The maximum absolute atomic E-state index is 13.2. The minimum atomic E-state index is -4.88. The lowest BCUT2D eigenvalue weighted by Crippen LogP contribution is -2.29. The molecule has 186 valence electrons. The van der Waals surface area contributed by atoms with Crippen LogP contribution >= 0.6 is 0 Å². The number of aliphatic hydroxyl groups excluding tert-OH is 1. The molecule has 0 bridgehead atoms. The number of hydrogen-bond donors (Lipinski definition) is 1. The number of alkyl halides is 3. The highest BCUT2D eigenvalue weighted by Crippen LogP contribution is 2.42. The molecule has 1 aliphatic rings. The molecule has 10 heteroatoms. The fourth-order valence-electron chi connectivity index (χ4n) is 3.87. The number of carbonyl (C=O) groups excluding carboxylic acids is 2. The van der Waals surface area contributed by atoms with E-state index in [0.717, 1.165) is 17.0 Å². The first-order valence-electron chi connectivity index (χ1n) is 10.9. The van der Waals surface area contributed by atoms with Gasteiger partial charge in [0.15, 0.2) is 0 Å². The average Bonchev–Trinajstić information content (AvgIpc) is 3.09. The van der Waals surface area contributed by atoms with Crippen LogP contribution in [-0.4, -0.2) is 34.2 Å². The predicted octanol–water partition coefficient (Wildman–Crippen LogP) is 5.39. The van der Waals surface area contributed by atoms with Crippen LogP contribution in [0.15, 0.2) is 78.5 Å². The highest BCUT2D eigenvalue weighted by Gasteiger charge is 2.47. The van der Waals surface area contributed by atoms with Gasteiger partial charge in [0.05, 0.1) is 17.4 Å². The van der Waals surface area contributed by atoms with Crippen LogP contribution in [0.5, 0.6) is 11.5 Å². The van der Waals surface area contributed by atoms with E-state index in [1.807, 2.05) is 13.8 Å². The number of amides is 1. The molecule has 1 unspecified atom stereocenters. The summed E-state index contributed by atoms with van der Waals surface area (Å²) >= 11 is 0. The first-order valence-corrected chi connectivity index (χ1v) is 10.9. The molecule has 1 aromatic heterocycles. The average molecular weight is 498 g/mol. The Morgan fingerprint density at radius 1 is 1.00 bits per heavy atom. The number of ether oxygens (including phenoxy) is 2. The summed E-state index contributed by atoms with van der Waals surface area (Å²) < 4.78 is 47.2. The second kappa shape index (κ2) is 9.73. The number of rotatable bonds is 6. The van der Waals surface area contributed by atoms with Crippen LogP contribution in [-0.2, 0) is 9.59 Å². The van der Waals surface area contributed by atoms with Gasteiger partial charge >= 0.3 is 6.36 Å². The van der Waals surface area contributed by atoms with Crippen LogP contribution in [0.1, 0.15) is 31.1 Å². The van der Waals surface area contributed by atoms with Gasteiger partial charge in [-0.15, -0.1) is 13.2 Å². The molecule has 1 amide bonds. The lowest BCUT2D eigenvalue weighted by molar-refractivity contribution is -0.274. The molecule has 0 saturated carbocycles. The van der Waals surface area contributed by atoms with E-state index < -0.39 is 35.6 Å². The van der Waals surface area contributed by atoms with Crippen LogP contribution in [0, 0.1) is 0 Å². The summed E-state index contributed by atoms with van der Waals surface area (Å²) in [5.74, 6) is -2.39. The number of Topliss-reactive ketones (excluding diaryl/α,β-unsaturated/α-hetero) is 1. The molecule has 36 heavy (non-hydrogen) atoms. The van der Waals surface area contributed by atoms with Gasteiger partial charge in [0.25, 0.3) is 11.7 Å². The van der Waals surface area contributed by atoms with Crippen molar-refractivity contribution in [2.24, 2.45) is 0 Å². The van der Waals surface area contributed by atoms with Crippen molar-refractivity contribution in [2.75, 3.05) is 4.90 Å². The topological polar surface area (TPSA) is 89.0 Å². The van der Waals surface area contributed by atoms with Crippen molar-refractivity contribution in [3.63, 3.8) is 0 Å². The molecule has 2 heterocycles. The van der Waals surface area contributed by atoms with E-state index in [4.69, 9.17) is 4.74 Å². The molecule has 7 nitrogen and oxygen atoms in total. The van der Waals surface area contributed by atoms with Gasteiger partial charge in [0.2, 0.25) is 0 Å². The van der Waals surface area contributed by atoms with Gasteiger partial charge in [-0.2, -0.15) is 0 Å². The SMILES string of the molecule is CC(C)Oc1cccc(/C(O)=C2/C(=O)C(=O)N(c3ccc(OC(F)(F)F)cc3)C2c2ccccn2)c1. The van der Waals surface area contributed by atoms with Crippen molar-refractivity contribution in [3.8, 4) is 11.5 Å². The normalized spacial score (nSPS) is 17.5. The summed E-state index contributed by atoms with van der Waals surface area (Å²) in [5, 5.41) is 11.2. The minimum absolute atomic E-state index is 0.123. The van der Waals surface area contributed by atoms with Gasteiger partial charge in [0.1, 0.15) is 23.3 Å². The summed E-state index contributed by atoms with van der Waals surface area (Å²) in [6.07, 6.45) is -3.55. The molecular weight excluding hydrogens is 477 g/mol. The Morgan fingerprint density at radius 3 is 2.33 bits per heavy atom. The van der Waals surface area contributed by atoms with Crippen molar-refractivity contribution >= 4 is 23.1 Å². The third-order valence-electron chi connectivity index (χ3n) is 5.24. The molecule has 4 rings (SSSR count). The van der Waals surface area contributed by atoms with E-state index in [2.05, 4.69) is 9.72 Å². The van der Waals surface area contributed by atoms with E-state index in [1.165, 1.54) is 18.3 Å². The summed E-state index contributed by atoms with van der Waals surface area (Å²) in [7, 11) is 0. The Kier molecular flexibility index (Phi) is 6.69. The molecular formula is C26H21F3N2O5. The third kappa shape index (κ3) is 5.17. The van der Waals surface area contributed by atoms with E-state index in [0.29, 0.717) is 5.75 Å². The number of hydrogen-bond acceptors (Lipinski definition) is 6. The molecule has 1 aliphatic heterocycles. The second-order valence-electron chi connectivity index (χ2n) is 8.16. The Balaban J connectivity index is 1.82. The quantitative estimate of drug-likeness (QED) is 0.278. The molecule has 2 aromatic carbocycles. The molecule has 3 aromatic rings. The highest BCUT2D eigenvalue weighted by molar-refractivity contribution is 6.51. The Bertz CT molecular complexity index is 1310. The second-order valence-corrected chi connectivity index (χ2v) is 8.16. The standard InChI is InChI=1S/C26H21F3N2O5/c1-15(2)35-19-7-5-6-16(14-19)23(32)21-22(20-8-3-4-13-30-20)31(25(34)24(21)33)17-9-11-18(12-10-17)36-26(27,28)29/h3-15,22,32H,1-2H3/b23-21-. The molecule has 1 atom stereocenters. The number of aromatic nitrogens is 1. The monoisotopic (exact) mass is 498 g/mol. The number of aliphatic hydroxyl groups is 1. The summed E-state index contributed by atoms with van der Waals surface area (Å²) in [6.45, 7) is 3.67. The zero-order chi connectivity index (χ0) is 26.0. The zero-order valence-corrected chi connectivity index (χ0v) is 19.2. The molecule has 1 N–H and O–H groups in total. The largest absolute Gasteiger partial charge is 0.573 e. The number of pyridine rings is 1. The molecule has 0 radical (unpaired) electrons. The number of halogens is 3. The smallest absolute Gasteiger partial charge is 0.507 e. The number of benzene rings is 2. The Morgan fingerprint density at radius 2 is 1.72 bits per heavy atom. The van der Waals surface area contributed by atoms with Crippen molar-refractivity contribution in [3.05, 3.63) is 89.8 Å². The van der Waals surface area contributed by atoms with Crippen LogP contribution < -0.4 is 14.4 Å². The van der Waals surface area contributed by atoms with E-state index in [1.54, 1.807) is 42.5 Å². The maximum Gasteiger partial charge on any atom is 0.573 e. The number of ketones is 1.